The molecule has 4 aliphatic rings. The van der Waals surface area contributed by atoms with Gasteiger partial charge in [0.05, 0.1) is 6.61 Å². The third-order valence-electron chi connectivity index (χ3n) is 8.50. The lowest BCUT2D eigenvalue weighted by Gasteiger charge is -2.23. The van der Waals surface area contributed by atoms with Crippen molar-refractivity contribution in [2.24, 2.45) is 17.8 Å². The average molecular weight is 517 g/mol. The van der Waals surface area contributed by atoms with Gasteiger partial charge in [-0.15, -0.1) is 0 Å². The molecule has 198 valence electrons. The summed E-state index contributed by atoms with van der Waals surface area (Å²) in [6.07, 6.45) is 4.23. The van der Waals surface area contributed by atoms with Crippen LogP contribution in [0.15, 0.2) is 30.3 Å². The van der Waals surface area contributed by atoms with Crippen LogP contribution in [0.2, 0.25) is 0 Å². The number of likely N-dealkylation sites (tertiary alicyclic amines) is 2. The van der Waals surface area contributed by atoms with Crippen LogP contribution in [-0.2, 0) is 4.74 Å². The summed E-state index contributed by atoms with van der Waals surface area (Å²) in [5, 5.41) is 10.7. The first-order valence-electron chi connectivity index (χ1n) is 13.7. The molecule has 1 saturated carbocycles. The van der Waals surface area contributed by atoms with Gasteiger partial charge in [0.15, 0.2) is 0 Å². The number of aromatic nitrogens is 4. The minimum Gasteiger partial charge on any atom is -0.477 e. The standard InChI is InChI=1S/C28H32N6O4/c35-27(19-3-4-23-25(9-19)31-32-30-23)33-12-21-14-34(15-22(21)13-33)28(36)20-10-24(18-1-2-18)29-26(11-20)38-16-17-5-7-37-8-6-17/h3-4,9-11,17-18,21-22H,1-2,5-8,12-16H2,(H,30,31,32)/t21-,22?/m0/s1. The van der Waals surface area contributed by atoms with Gasteiger partial charge in [-0.1, -0.05) is 0 Å². The number of benzene rings is 1. The maximum atomic E-state index is 13.6. The van der Waals surface area contributed by atoms with Gasteiger partial charge in [-0.25, -0.2) is 4.98 Å². The van der Waals surface area contributed by atoms with E-state index in [0.29, 0.717) is 67.1 Å². The number of aromatic amines is 1. The van der Waals surface area contributed by atoms with Crippen LogP contribution in [0, 0.1) is 17.8 Å². The van der Waals surface area contributed by atoms with Crippen LogP contribution < -0.4 is 4.74 Å². The number of fused-ring (bicyclic) bond motifs is 2. The summed E-state index contributed by atoms with van der Waals surface area (Å²) in [6, 6.07) is 9.19. The quantitative estimate of drug-likeness (QED) is 0.536. The first-order chi connectivity index (χ1) is 18.6. The normalized spacial score (nSPS) is 23.7. The fourth-order valence-corrected chi connectivity index (χ4v) is 6.09. The van der Waals surface area contributed by atoms with Gasteiger partial charge in [-0.2, -0.15) is 15.4 Å². The fourth-order valence-electron chi connectivity index (χ4n) is 6.09. The smallest absolute Gasteiger partial charge is 0.254 e. The van der Waals surface area contributed by atoms with Gasteiger partial charge >= 0.3 is 0 Å². The summed E-state index contributed by atoms with van der Waals surface area (Å²) in [5.41, 5.74) is 3.69. The van der Waals surface area contributed by atoms with Gasteiger partial charge in [0.25, 0.3) is 11.8 Å². The van der Waals surface area contributed by atoms with Crippen LogP contribution in [0.5, 0.6) is 5.88 Å². The summed E-state index contributed by atoms with van der Waals surface area (Å²) in [5.74, 6) is 2.08. The van der Waals surface area contributed by atoms with E-state index in [9.17, 15) is 9.59 Å². The van der Waals surface area contributed by atoms with Gasteiger partial charge in [0.2, 0.25) is 5.88 Å². The molecule has 1 unspecified atom stereocenters. The molecule has 2 amide bonds. The van der Waals surface area contributed by atoms with Crippen LogP contribution in [0.1, 0.15) is 58.0 Å². The minimum absolute atomic E-state index is 0.0108. The number of carbonyl (C=O) groups is 2. The molecule has 2 atom stereocenters. The molecule has 0 radical (unpaired) electrons. The van der Waals surface area contributed by atoms with Gasteiger partial charge in [-0.3, -0.25) is 9.59 Å². The van der Waals surface area contributed by atoms with Crippen LogP contribution in [0.25, 0.3) is 11.0 Å². The monoisotopic (exact) mass is 516 g/mol. The highest BCUT2D eigenvalue weighted by Crippen LogP contribution is 2.40. The van der Waals surface area contributed by atoms with Crippen LogP contribution in [-0.4, -0.2) is 88.0 Å². The first kappa shape index (κ1) is 23.6. The molecule has 1 N–H and O–H groups in total. The number of nitrogens with zero attached hydrogens (tertiary/aromatic N) is 5. The van der Waals surface area contributed by atoms with Crippen molar-refractivity contribution < 1.29 is 19.1 Å². The zero-order chi connectivity index (χ0) is 25.6. The van der Waals surface area contributed by atoms with E-state index in [0.717, 1.165) is 50.1 Å². The number of carbonyl (C=O) groups excluding carboxylic acids is 2. The van der Waals surface area contributed by atoms with Gasteiger partial charge in [0, 0.05) is 80.0 Å². The molecule has 4 fully saturated rings. The summed E-state index contributed by atoms with van der Waals surface area (Å²) < 4.78 is 11.6. The van der Waals surface area contributed by atoms with Crippen molar-refractivity contribution in [1.29, 1.82) is 0 Å². The zero-order valence-corrected chi connectivity index (χ0v) is 21.3. The van der Waals surface area contributed by atoms with E-state index >= 15 is 0 Å². The predicted molar refractivity (Wildman–Crippen MR) is 138 cm³/mol. The number of hydrogen-bond donors (Lipinski definition) is 1. The molecule has 38 heavy (non-hydrogen) atoms. The number of pyridine rings is 1. The second-order valence-electron chi connectivity index (χ2n) is 11.2. The lowest BCUT2D eigenvalue weighted by molar-refractivity contribution is 0.0490. The molecule has 10 heteroatoms. The lowest BCUT2D eigenvalue weighted by atomic mass is 10.0. The maximum Gasteiger partial charge on any atom is 0.254 e. The Morgan fingerprint density at radius 1 is 0.868 bits per heavy atom. The second kappa shape index (κ2) is 9.65. The Morgan fingerprint density at radius 3 is 2.26 bits per heavy atom. The SMILES string of the molecule is O=C(c1cc(OCC2CCOCC2)nc(C2CC2)c1)N1CC2CN(C(=O)c3ccc4n[nH]nc4c3)C[C@H]2C1. The van der Waals surface area contributed by atoms with Crippen LogP contribution >= 0.6 is 0 Å². The number of hydrogen-bond acceptors (Lipinski definition) is 7. The van der Waals surface area contributed by atoms with E-state index in [4.69, 9.17) is 14.5 Å². The highest BCUT2D eigenvalue weighted by atomic mass is 16.5. The van der Waals surface area contributed by atoms with Gasteiger partial charge in [-0.05, 0) is 55.9 Å². The lowest BCUT2D eigenvalue weighted by Crippen LogP contribution is -2.35. The van der Waals surface area contributed by atoms with Crippen molar-refractivity contribution in [1.82, 2.24) is 30.2 Å². The molecule has 1 aliphatic carbocycles. The molecular formula is C28H32N6O4. The van der Waals surface area contributed by atoms with Crippen LogP contribution in [0.3, 0.4) is 0 Å². The molecule has 2 aromatic heterocycles. The fraction of sp³-hybridized carbons (Fsp3) is 0.536. The van der Waals surface area contributed by atoms with E-state index in [2.05, 4.69) is 15.4 Å². The van der Waals surface area contributed by atoms with Crippen molar-refractivity contribution in [3.05, 3.63) is 47.2 Å². The first-order valence-corrected chi connectivity index (χ1v) is 13.7. The highest BCUT2D eigenvalue weighted by Gasteiger charge is 2.43. The Labute approximate surface area is 220 Å². The van der Waals surface area contributed by atoms with E-state index < -0.39 is 0 Å². The molecule has 0 spiro atoms. The second-order valence-corrected chi connectivity index (χ2v) is 11.2. The Morgan fingerprint density at radius 2 is 1.55 bits per heavy atom. The highest BCUT2D eigenvalue weighted by molar-refractivity contribution is 5.97. The van der Waals surface area contributed by atoms with E-state index in [1.54, 1.807) is 12.1 Å². The molecule has 10 nitrogen and oxygen atoms in total. The topological polar surface area (TPSA) is 114 Å². The summed E-state index contributed by atoms with van der Waals surface area (Å²) >= 11 is 0. The third-order valence-corrected chi connectivity index (χ3v) is 8.50. The number of H-pyrrole nitrogens is 1. The molecule has 0 bridgehead atoms. The Hall–Kier alpha value is -3.53. The largest absolute Gasteiger partial charge is 0.477 e. The van der Waals surface area contributed by atoms with Crippen LogP contribution in [0.4, 0.5) is 0 Å². The number of rotatable bonds is 6. The van der Waals surface area contributed by atoms with Crippen molar-refractivity contribution in [3.63, 3.8) is 0 Å². The summed E-state index contributed by atoms with van der Waals surface area (Å²) in [4.78, 5) is 35.4. The number of ether oxygens (including phenoxy) is 2. The minimum atomic E-state index is 0.0108. The van der Waals surface area contributed by atoms with Gasteiger partial charge < -0.3 is 19.3 Å². The maximum absolute atomic E-state index is 13.6. The number of nitrogens with one attached hydrogen (secondary N) is 1. The summed E-state index contributed by atoms with van der Waals surface area (Å²) in [6.45, 7) is 4.82. The molecule has 3 aromatic rings. The van der Waals surface area contributed by atoms with Crippen molar-refractivity contribution in [2.75, 3.05) is 46.0 Å². The number of amides is 2. The predicted octanol–water partition coefficient (Wildman–Crippen LogP) is 2.88. The molecule has 3 aliphatic heterocycles. The van der Waals surface area contributed by atoms with Crippen molar-refractivity contribution >= 4 is 22.8 Å². The molecular weight excluding hydrogens is 484 g/mol. The molecule has 1 aromatic carbocycles. The molecule has 7 rings (SSSR count). The van der Waals surface area contributed by atoms with E-state index in [1.165, 1.54) is 0 Å². The third kappa shape index (κ3) is 4.62. The average Bonchev–Trinajstić information content (AvgIpc) is 3.37. The molecule has 5 heterocycles. The van der Waals surface area contributed by atoms with E-state index in [1.807, 2.05) is 28.0 Å². The van der Waals surface area contributed by atoms with Gasteiger partial charge in [0.1, 0.15) is 11.0 Å². The Kier molecular flexibility index (Phi) is 5.99. The Bertz CT molecular complexity index is 1350. The van der Waals surface area contributed by atoms with E-state index in [-0.39, 0.29) is 23.7 Å². The zero-order valence-electron chi connectivity index (χ0n) is 21.3. The molecule has 3 saturated heterocycles. The van der Waals surface area contributed by atoms with Crippen molar-refractivity contribution in [2.45, 2.75) is 31.6 Å². The Balaban J connectivity index is 1.01. The van der Waals surface area contributed by atoms with Crippen molar-refractivity contribution in [3.8, 4) is 5.88 Å². The summed E-state index contributed by atoms with van der Waals surface area (Å²) in [7, 11) is 0.